The summed E-state index contributed by atoms with van der Waals surface area (Å²) in [6.45, 7) is 0. The van der Waals surface area contributed by atoms with Crippen molar-refractivity contribution in [1.29, 1.82) is 0 Å². The number of halogens is 2. The monoisotopic (exact) mass is 269 g/mol. The maximum absolute atomic E-state index is 11.7. The van der Waals surface area contributed by atoms with E-state index in [1.165, 1.54) is 24.7 Å². The molecule has 17 heavy (non-hydrogen) atoms. The molecule has 2 aromatic heterocycles. The molecule has 0 saturated carbocycles. The van der Waals surface area contributed by atoms with Crippen LogP contribution < -0.4 is 5.32 Å². The number of anilines is 1. The highest BCUT2D eigenvalue weighted by atomic mass is 35.5. The standard InChI is InChI=1S/C9H5Cl2N5O/c10-6-3-7(16-9(11)14-6)15-8(17)5-4-12-1-2-13-5/h1-4H,(H,14,15,16,17). The molecule has 0 bridgehead atoms. The minimum atomic E-state index is -0.455. The Labute approximate surface area is 106 Å². The number of hydrogen-bond donors (Lipinski definition) is 1. The predicted octanol–water partition coefficient (Wildman–Crippen LogP) is 1.83. The van der Waals surface area contributed by atoms with Gasteiger partial charge in [-0.3, -0.25) is 9.78 Å². The van der Waals surface area contributed by atoms with Gasteiger partial charge in [0.05, 0.1) is 6.20 Å². The molecule has 0 spiro atoms. The minimum Gasteiger partial charge on any atom is -0.305 e. The van der Waals surface area contributed by atoms with E-state index in [2.05, 4.69) is 25.3 Å². The topological polar surface area (TPSA) is 80.7 Å². The molecule has 0 radical (unpaired) electrons. The van der Waals surface area contributed by atoms with Crippen molar-refractivity contribution in [2.45, 2.75) is 0 Å². The zero-order valence-corrected chi connectivity index (χ0v) is 9.77. The van der Waals surface area contributed by atoms with Crippen molar-refractivity contribution in [3.05, 3.63) is 40.8 Å². The second-order valence-electron chi connectivity index (χ2n) is 2.89. The lowest BCUT2D eigenvalue weighted by molar-refractivity contribution is 0.102. The average molecular weight is 270 g/mol. The van der Waals surface area contributed by atoms with Gasteiger partial charge in [0.2, 0.25) is 5.28 Å². The summed E-state index contributed by atoms with van der Waals surface area (Å²) < 4.78 is 0. The van der Waals surface area contributed by atoms with Gasteiger partial charge in [-0.05, 0) is 11.6 Å². The van der Waals surface area contributed by atoms with Crippen molar-refractivity contribution in [3.63, 3.8) is 0 Å². The molecular weight excluding hydrogens is 265 g/mol. The van der Waals surface area contributed by atoms with Crippen molar-refractivity contribution < 1.29 is 4.79 Å². The minimum absolute atomic E-state index is 0.0491. The lowest BCUT2D eigenvalue weighted by atomic mass is 10.4. The van der Waals surface area contributed by atoms with Gasteiger partial charge < -0.3 is 5.32 Å². The predicted molar refractivity (Wildman–Crippen MR) is 62.0 cm³/mol. The molecule has 0 aliphatic heterocycles. The molecule has 0 aliphatic rings. The van der Waals surface area contributed by atoms with E-state index < -0.39 is 5.91 Å². The summed E-state index contributed by atoms with van der Waals surface area (Å²) in [6, 6.07) is 1.38. The first-order valence-corrected chi connectivity index (χ1v) is 5.18. The smallest absolute Gasteiger partial charge is 0.277 e. The molecule has 0 aliphatic carbocycles. The molecule has 6 nitrogen and oxygen atoms in total. The third kappa shape index (κ3) is 3.08. The lowest BCUT2D eigenvalue weighted by Crippen LogP contribution is -2.14. The first kappa shape index (κ1) is 11.7. The maximum atomic E-state index is 11.7. The molecule has 1 N–H and O–H groups in total. The van der Waals surface area contributed by atoms with Crippen molar-refractivity contribution in [1.82, 2.24) is 19.9 Å². The summed E-state index contributed by atoms with van der Waals surface area (Å²) in [7, 11) is 0. The number of nitrogens with zero attached hydrogens (tertiary/aromatic N) is 4. The molecule has 0 saturated heterocycles. The highest BCUT2D eigenvalue weighted by Crippen LogP contribution is 2.14. The fourth-order valence-electron chi connectivity index (χ4n) is 1.05. The van der Waals surface area contributed by atoms with Gasteiger partial charge in [0.25, 0.3) is 5.91 Å². The van der Waals surface area contributed by atoms with Gasteiger partial charge in [-0.2, -0.15) is 0 Å². The van der Waals surface area contributed by atoms with Gasteiger partial charge in [0.15, 0.2) is 0 Å². The molecule has 8 heteroatoms. The molecule has 0 unspecified atom stereocenters. The van der Waals surface area contributed by atoms with Crippen LogP contribution in [0.2, 0.25) is 10.4 Å². The Balaban J connectivity index is 2.19. The second-order valence-corrected chi connectivity index (χ2v) is 3.62. The van der Waals surface area contributed by atoms with Crippen molar-refractivity contribution in [3.8, 4) is 0 Å². The molecular formula is C9H5Cl2N5O. The Morgan fingerprint density at radius 2 is 2.06 bits per heavy atom. The fourth-order valence-corrected chi connectivity index (χ4v) is 1.46. The molecule has 2 heterocycles. The Morgan fingerprint density at radius 3 is 2.71 bits per heavy atom. The summed E-state index contributed by atoms with van der Waals surface area (Å²) in [4.78, 5) is 26.7. The quantitative estimate of drug-likeness (QED) is 0.665. The van der Waals surface area contributed by atoms with E-state index in [1.54, 1.807) is 0 Å². The first-order valence-electron chi connectivity index (χ1n) is 4.42. The average Bonchev–Trinajstić information content (AvgIpc) is 2.28. The maximum Gasteiger partial charge on any atom is 0.277 e. The first-order chi connectivity index (χ1) is 8.15. The van der Waals surface area contributed by atoms with E-state index in [1.807, 2.05) is 0 Å². The molecule has 1 amide bonds. The molecule has 0 aromatic carbocycles. The van der Waals surface area contributed by atoms with E-state index in [0.717, 1.165) is 0 Å². The van der Waals surface area contributed by atoms with Crippen LogP contribution in [-0.2, 0) is 0 Å². The Kier molecular flexibility index (Phi) is 3.46. The molecule has 86 valence electrons. The number of hydrogen-bond acceptors (Lipinski definition) is 5. The number of nitrogens with one attached hydrogen (secondary N) is 1. The fraction of sp³-hybridized carbons (Fsp3) is 0. The zero-order chi connectivity index (χ0) is 12.3. The van der Waals surface area contributed by atoms with Crippen molar-refractivity contribution in [2.75, 3.05) is 5.32 Å². The number of carbonyl (C=O) groups is 1. The van der Waals surface area contributed by atoms with E-state index in [9.17, 15) is 4.79 Å². The third-order valence-electron chi connectivity index (χ3n) is 1.71. The Bertz CT molecular complexity index is 528. The van der Waals surface area contributed by atoms with Gasteiger partial charge in [0, 0.05) is 18.5 Å². The molecule has 2 rings (SSSR count). The van der Waals surface area contributed by atoms with Crippen LogP contribution in [0.5, 0.6) is 0 Å². The number of carbonyl (C=O) groups excluding carboxylic acids is 1. The van der Waals surface area contributed by atoms with Gasteiger partial charge in [0.1, 0.15) is 16.7 Å². The van der Waals surface area contributed by atoms with E-state index >= 15 is 0 Å². The summed E-state index contributed by atoms with van der Waals surface area (Å²) in [5.41, 5.74) is 0.165. The summed E-state index contributed by atoms with van der Waals surface area (Å²) in [6.07, 6.45) is 4.21. The van der Waals surface area contributed by atoms with Crippen molar-refractivity contribution >= 4 is 34.9 Å². The second kappa shape index (κ2) is 5.03. The van der Waals surface area contributed by atoms with Crippen LogP contribution in [0.4, 0.5) is 5.82 Å². The highest BCUT2D eigenvalue weighted by Gasteiger charge is 2.09. The Morgan fingerprint density at radius 1 is 1.24 bits per heavy atom. The van der Waals surface area contributed by atoms with E-state index in [4.69, 9.17) is 23.2 Å². The van der Waals surface area contributed by atoms with Gasteiger partial charge in [-0.1, -0.05) is 11.6 Å². The summed E-state index contributed by atoms with van der Waals surface area (Å²) in [5, 5.41) is 2.57. The zero-order valence-electron chi connectivity index (χ0n) is 8.26. The number of aromatic nitrogens is 4. The van der Waals surface area contributed by atoms with Crippen LogP contribution in [0.3, 0.4) is 0 Å². The number of rotatable bonds is 2. The molecule has 0 atom stereocenters. The van der Waals surface area contributed by atoms with Crippen molar-refractivity contribution in [2.24, 2.45) is 0 Å². The Hall–Kier alpha value is -1.79. The van der Waals surface area contributed by atoms with Crippen LogP contribution in [0.25, 0.3) is 0 Å². The normalized spacial score (nSPS) is 10.0. The van der Waals surface area contributed by atoms with Crippen LogP contribution in [0.15, 0.2) is 24.7 Å². The van der Waals surface area contributed by atoms with E-state index in [-0.39, 0.29) is 21.9 Å². The van der Waals surface area contributed by atoms with Crippen LogP contribution in [0, 0.1) is 0 Å². The summed E-state index contributed by atoms with van der Waals surface area (Å²) >= 11 is 11.3. The third-order valence-corrected chi connectivity index (χ3v) is 2.07. The van der Waals surface area contributed by atoms with Gasteiger partial charge in [-0.25, -0.2) is 15.0 Å². The lowest BCUT2D eigenvalue weighted by Gasteiger charge is -2.03. The van der Waals surface area contributed by atoms with Crippen LogP contribution >= 0.6 is 23.2 Å². The van der Waals surface area contributed by atoms with Crippen LogP contribution in [0.1, 0.15) is 10.5 Å². The van der Waals surface area contributed by atoms with Crippen LogP contribution in [-0.4, -0.2) is 25.8 Å². The molecule has 0 fully saturated rings. The SMILES string of the molecule is O=C(Nc1cc(Cl)nc(Cl)n1)c1cnccn1. The van der Waals surface area contributed by atoms with Gasteiger partial charge >= 0.3 is 0 Å². The van der Waals surface area contributed by atoms with E-state index in [0.29, 0.717) is 0 Å². The summed E-state index contributed by atoms with van der Waals surface area (Å²) in [5.74, 6) is -0.255. The van der Waals surface area contributed by atoms with Gasteiger partial charge in [-0.15, -0.1) is 0 Å². The number of amides is 1. The highest BCUT2D eigenvalue weighted by molar-refractivity contribution is 6.32. The molecule has 2 aromatic rings. The largest absolute Gasteiger partial charge is 0.305 e.